The summed E-state index contributed by atoms with van der Waals surface area (Å²) in [7, 11) is 0. The van der Waals surface area contributed by atoms with Crippen LogP contribution in [0, 0.1) is 13.0 Å². The summed E-state index contributed by atoms with van der Waals surface area (Å²) in [4.78, 5) is 26.7. The maximum atomic E-state index is 11.7. The molecule has 0 fully saturated rings. The largest absolute Gasteiger partial charge is 0.367 e. The van der Waals surface area contributed by atoms with Crippen molar-refractivity contribution < 1.29 is 37.5 Å². The van der Waals surface area contributed by atoms with Crippen LogP contribution in [0.2, 0.25) is 0 Å². The predicted molar refractivity (Wildman–Crippen MR) is 73.3 cm³/mol. The van der Waals surface area contributed by atoms with E-state index in [0.717, 1.165) is 5.56 Å². The Bertz CT molecular complexity index is 621. The van der Waals surface area contributed by atoms with Crippen molar-refractivity contribution in [3.8, 4) is 5.82 Å². The minimum absolute atomic E-state index is 0. The summed E-state index contributed by atoms with van der Waals surface area (Å²) in [5.74, 6) is -0.172. The fourth-order valence-corrected chi connectivity index (χ4v) is 1.37. The van der Waals surface area contributed by atoms with E-state index < -0.39 is 5.91 Å². The van der Waals surface area contributed by atoms with Gasteiger partial charge in [-0.1, -0.05) is 27.0 Å². The summed E-state index contributed by atoms with van der Waals surface area (Å²) >= 11 is 0. The molecule has 6 heteroatoms. The number of primary amides is 1. The van der Waals surface area contributed by atoms with Gasteiger partial charge in [-0.25, -0.2) is 0 Å². The molecule has 1 amide bonds. The van der Waals surface area contributed by atoms with Crippen molar-refractivity contribution in [3.63, 3.8) is 0 Å². The first-order valence-electron chi connectivity index (χ1n) is 5.95. The Morgan fingerprint density at radius 2 is 2.05 bits per heavy atom. The fourth-order valence-electron chi connectivity index (χ4n) is 1.37. The molecule has 0 aliphatic rings. The molecule has 5 nitrogen and oxygen atoms in total. The molecule has 0 bridgehead atoms. The van der Waals surface area contributed by atoms with Crippen molar-refractivity contribution in [1.82, 2.24) is 9.55 Å². The molecule has 0 aliphatic heterocycles. The molecular weight excluding hydrogens is 331 g/mol. The Morgan fingerprint density at radius 3 is 2.50 bits per heavy atom. The smallest absolute Gasteiger partial charge is 0.248 e. The first-order chi connectivity index (χ1) is 9.08. The van der Waals surface area contributed by atoms with Crippen LogP contribution in [0.4, 0.5) is 0 Å². The molecule has 1 radical (unpaired) electrons. The molecule has 2 heterocycles. The zero-order valence-corrected chi connectivity index (χ0v) is 14.6. The molecule has 0 spiro atoms. The second kappa shape index (κ2) is 8.77. The molecule has 0 saturated carbocycles. The van der Waals surface area contributed by atoms with Crippen LogP contribution >= 0.6 is 0 Å². The normalized spacial score (nSPS) is 8.95. The fraction of sp³-hybridized carbons (Fsp3) is 0.214. The molecule has 2 aromatic rings. The van der Waals surface area contributed by atoms with Gasteiger partial charge in [-0.15, -0.1) is 11.6 Å². The number of carbonyl (C=O) groups excluding carboxylic acids is 1. The maximum Gasteiger partial charge on any atom is 0.248 e. The molecule has 2 N–H and O–H groups in total. The van der Waals surface area contributed by atoms with E-state index in [9.17, 15) is 9.59 Å². The van der Waals surface area contributed by atoms with Crippen molar-refractivity contribution in [2.24, 2.45) is 5.73 Å². The quantitative estimate of drug-likeness (QED) is 0.836. The average Bonchev–Trinajstić information content (AvgIpc) is 2.42. The summed E-state index contributed by atoms with van der Waals surface area (Å²) in [6.07, 6.45) is 3.08. The summed E-state index contributed by atoms with van der Waals surface area (Å²) in [5.41, 5.74) is 5.79. The van der Waals surface area contributed by atoms with E-state index in [1.165, 1.54) is 22.9 Å². The van der Waals surface area contributed by atoms with Crippen molar-refractivity contribution in [3.05, 3.63) is 58.1 Å². The van der Waals surface area contributed by atoms with E-state index in [4.69, 9.17) is 5.73 Å². The number of hydrogen-bond acceptors (Lipinski definition) is 3. The zero-order valence-electron chi connectivity index (χ0n) is 11.8. The first kappa shape index (κ1) is 18.7. The molecular formula is C14H16N3O2Y-. The van der Waals surface area contributed by atoms with E-state index in [1.807, 2.05) is 20.8 Å². The Labute approximate surface area is 143 Å². The van der Waals surface area contributed by atoms with Gasteiger partial charge >= 0.3 is 0 Å². The van der Waals surface area contributed by atoms with Crippen LogP contribution < -0.4 is 11.3 Å². The molecule has 2 aromatic heterocycles. The van der Waals surface area contributed by atoms with Crippen molar-refractivity contribution in [2.75, 3.05) is 0 Å². The van der Waals surface area contributed by atoms with Gasteiger partial charge in [0.25, 0.3) is 0 Å². The summed E-state index contributed by atoms with van der Waals surface area (Å²) in [6, 6.07) is 7.22. The molecule has 2 rings (SSSR count). The third-order valence-corrected chi connectivity index (χ3v) is 2.27. The number of aryl methyl sites for hydroxylation is 1. The Balaban J connectivity index is 0.00000115. The predicted octanol–water partition coefficient (Wildman–Crippen LogP) is 1.46. The number of hydrogen-bond donors (Lipinski definition) is 1. The van der Waals surface area contributed by atoms with Gasteiger partial charge in [0.1, 0.15) is 0 Å². The molecule has 0 aliphatic carbocycles. The zero-order chi connectivity index (χ0) is 14.4. The van der Waals surface area contributed by atoms with Crippen LogP contribution in [-0.2, 0) is 32.7 Å². The Morgan fingerprint density at radius 1 is 1.40 bits per heavy atom. The summed E-state index contributed by atoms with van der Waals surface area (Å²) in [5, 5.41) is 0. The SMILES string of the molecule is CC.Cc1[c-]cc(-n2ccc(C(N)=O)cc2=O)nc1.[Y]. The number of aromatic nitrogens is 2. The molecule has 0 unspecified atom stereocenters. The third kappa shape index (κ3) is 4.65. The number of nitrogens with two attached hydrogens (primary N) is 1. The van der Waals surface area contributed by atoms with Gasteiger partial charge in [0.05, 0.1) is 0 Å². The second-order valence-corrected chi connectivity index (χ2v) is 3.58. The van der Waals surface area contributed by atoms with Gasteiger partial charge in [0.2, 0.25) is 11.5 Å². The first-order valence-corrected chi connectivity index (χ1v) is 5.95. The monoisotopic (exact) mass is 347 g/mol. The Hall–Kier alpha value is -1.33. The number of rotatable bonds is 2. The van der Waals surface area contributed by atoms with Crippen molar-refractivity contribution >= 4 is 5.91 Å². The standard InChI is InChI=1S/C12H10N3O2.C2H6.Y/c1-8-2-3-10(14-7-8)15-5-4-9(12(13)17)6-11(15)16;1-2;/h3-7H,1H3,(H2,13,17);1-2H3;/q-1;;. The Kier molecular flexibility index (Phi) is 8.19. The molecule has 20 heavy (non-hydrogen) atoms. The van der Waals surface area contributed by atoms with E-state index in [2.05, 4.69) is 11.1 Å². The van der Waals surface area contributed by atoms with E-state index in [-0.39, 0.29) is 43.8 Å². The van der Waals surface area contributed by atoms with Crippen molar-refractivity contribution in [1.29, 1.82) is 0 Å². The molecule has 0 atom stereocenters. The van der Waals surface area contributed by atoms with Gasteiger partial charge in [-0.2, -0.15) is 6.07 Å². The molecule has 0 saturated heterocycles. The van der Waals surface area contributed by atoms with Crippen LogP contribution in [-0.4, -0.2) is 15.5 Å². The van der Waals surface area contributed by atoms with Crippen molar-refractivity contribution in [2.45, 2.75) is 20.8 Å². The molecule has 103 valence electrons. The van der Waals surface area contributed by atoms with Gasteiger partial charge in [-0.05, 0) is 6.07 Å². The van der Waals surface area contributed by atoms with E-state index in [1.54, 1.807) is 12.3 Å². The van der Waals surface area contributed by atoms with Crippen LogP contribution in [0.3, 0.4) is 0 Å². The maximum absolute atomic E-state index is 11.7. The number of pyridine rings is 2. The average molecular weight is 347 g/mol. The summed E-state index contributed by atoms with van der Waals surface area (Å²) < 4.78 is 1.32. The van der Waals surface area contributed by atoms with Crippen LogP contribution in [0.25, 0.3) is 5.82 Å². The third-order valence-electron chi connectivity index (χ3n) is 2.27. The van der Waals surface area contributed by atoms with Gasteiger partial charge < -0.3 is 15.3 Å². The second-order valence-electron chi connectivity index (χ2n) is 3.58. The number of nitrogens with zero attached hydrogens (tertiary/aromatic N) is 2. The van der Waals surface area contributed by atoms with Gasteiger partial charge in [-0.3, -0.25) is 9.59 Å². The van der Waals surface area contributed by atoms with E-state index in [0.29, 0.717) is 5.82 Å². The van der Waals surface area contributed by atoms with Crippen LogP contribution in [0.1, 0.15) is 29.8 Å². The number of carbonyl (C=O) groups is 1. The number of amides is 1. The molecule has 0 aromatic carbocycles. The van der Waals surface area contributed by atoms with Gasteiger partial charge in [0.15, 0.2) is 0 Å². The minimum Gasteiger partial charge on any atom is -0.367 e. The van der Waals surface area contributed by atoms with Crippen LogP contribution in [0.5, 0.6) is 0 Å². The van der Waals surface area contributed by atoms with E-state index >= 15 is 0 Å². The van der Waals surface area contributed by atoms with Gasteiger partial charge in [0, 0.05) is 56.4 Å². The topological polar surface area (TPSA) is 78.0 Å². The minimum atomic E-state index is -0.627. The van der Waals surface area contributed by atoms with Crippen LogP contribution in [0.15, 0.2) is 35.4 Å². The summed E-state index contributed by atoms with van der Waals surface area (Å²) in [6.45, 7) is 5.86.